The fourth-order valence-corrected chi connectivity index (χ4v) is 8.61. The van der Waals surface area contributed by atoms with E-state index in [2.05, 4.69) is 142 Å². The van der Waals surface area contributed by atoms with Crippen LogP contribution in [0, 0.1) is 0 Å². The largest absolute Gasteiger partial charge is 0.462 e. The normalized spacial score (nSPS) is 12.9. The number of ether oxygens (including phenoxy) is 3. The van der Waals surface area contributed by atoms with Crippen LogP contribution in [0.4, 0.5) is 0 Å². The second kappa shape index (κ2) is 64.3. The zero-order valence-electron chi connectivity index (χ0n) is 50.2. The van der Waals surface area contributed by atoms with E-state index in [-0.39, 0.29) is 31.1 Å². The number of carbonyl (C=O) groups excluding carboxylic acids is 3. The van der Waals surface area contributed by atoms with Gasteiger partial charge in [0.15, 0.2) is 6.10 Å². The van der Waals surface area contributed by atoms with Gasteiger partial charge in [-0.1, -0.05) is 264 Å². The summed E-state index contributed by atoms with van der Waals surface area (Å²) < 4.78 is 16.9. The quantitative estimate of drug-likeness (QED) is 0.0261. The highest BCUT2D eigenvalue weighted by atomic mass is 16.6. The molecule has 0 radical (unpaired) electrons. The van der Waals surface area contributed by atoms with Crippen molar-refractivity contribution in [3.63, 3.8) is 0 Å². The second-order valence-corrected chi connectivity index (χ2v) is 20.9. The number of hydrogen-bond acceptors (Lipinski definition) is 6. The summed E-state index contributed by atoms with van der Waals surface area (Å²) in [6.07, 6.45) is 89.2. The molecule has 0 aliphatic carbocycles. The summed E-state index contributed by atoms with van der Waals surface area (Å²) in [4.78, 5) is 38.2. The molecule has 6 nitrogen and oxygen atoms in total. The van der Waals surface area contributed by atoms with Gasteiger partial charge in [-0.3, -0.25) is 14.4 Å². The van der Waals surface area contributed by atoms with E-state index >= 15 is 0 Å². The summed E-state index contributed by atoms with van der Waals surface area (Å²) in [7, 11) is 0. The van der Waals surface area contributed by atoms with Crippen molar-refractivity contribution in [2.45, 2.75) is 297 Å². The Balaban J connectivity index is 4.24. The third-order valence-electron chi connectivity index (χ3n) is 13.4. The van der Waals surface area contributed by atoms with E-state index in [1.54, 1.807) is 0 Å². The Hall–Kier alpha value is -4.19. The average molecular weight is 1070 g/mol. The minimum absolute atomic E-state index is 0.0887. The predicted molar refractivity (Wildman–Crippen MR) is 334 cm³/mol. The van der Waals surface area contributed by atoms with E-state index in [4.69, 9.17) is 14.2 Å². The highest BCUT2D eigenvalue weighted by Gasteiger charge is 2.19. The third-order valence-corrected chi connectivity index (χ3v) is 13.4. The van der Waals surface area contributed by atoms with Gasteiger partial charge in [0.05, 0.1) is 0 Å². The van der Waals surface area contributed by atoms with Gasteiger partial charge in [-0.15, -0.1) is 0 Å². The van der Waals surface area contributed by atoms with Crippen LogP contribution in [0.15, 0.2) is 122 Å². The molecule has 6 heteroatoms. The maximum Gasteiger partial charge on any atom is 0.306 e. The van der Waals surface area contributed by atoms with E-state index in [9.17, 15) is 14.4 Å². The lowest BCUT2D eigenvalue weighted by molar-refractivity contribution is -0.167. The number of hydrogen-bond donors (Lipinski definition) is 0. The molecule has 1 unspecified atom stereocenters. The van der Waals surface area contributed by atoms with Crippen LogP contribution < -0.4 is 0 Å². The van der Waals surface area contributed by atoms with Crippen molar-refractivity contribution in [3.8, 4) is 0 Å². The first-order chi connectivity index (χ1) is 38.0. The van der Waals surface area contributed by atoms with Crippen LogP contribution in [0.3, 0.4) is 0 Å². The Morgan fingerprint density at radius 2 is 0.519 bits per heavy atom. The lowest BCUT2D eigenvalue weighted by Gasteiger charge is -2.18. The van der Waals surface area contributed by atoms with Crippen LogP contribution in [-0.4, -0.2) is 37.2 Å². The molecule has 0 aromatic heterocycles. The molecule has 0 N–H and O–H groups in total. The van der Waals surface area contributed by atoms with Gasteiger partial charge in [0.25, 0.3) is 0 Å². The molecule has 0 amide bonds. The van der Waals surface area contributed by atoms with Crippen LogP contribution in [0.1, 0.15) is 290 Å². The lowest BCUT2D eigenvalue weighted by atomic mass is 10.1. The summed E-state index contributed by atoms with van der Waals surface area (Å²) >= 11 is 0. The minimum atomic E-state index is -0.791. The first-order valence-corrected chi connectivity index (χ1v) is 32.0. The number of allylic oxidation sites excluding steroid dienone is 20. The third kappa shape index (κ3) is 62.5. The molecule has 0 aliphatic heterocycles. The Kier molecular flexibility index (Phi) is 60.8. The van der Waals surface area contributed by atoms with Gasteiger partial charge >= 0.3 is 17.9 Å². The molecule has 438 valence electrons. The maximum absolute atomic E-state index is 12.9. The fourth-order valence-electron chi connectivity index (χ4n) is 8.61. The molecule has 0 rings (SSSR count). The Morgan fingerprint density at radius 1 is 0.273 bits per heavy atom. The molecular weight excluding hydrogens is 949 g/mol. The first-order valence-electron chi connectivity index (χ1n) is 32.0. The molecule has 0 aliphatic rings. The van der Waals surface area contributed by atoms with Crippen LogP contribution in [0.5, 0.6) is 0 Å². The molecule has 0 fully saturated rings. The molecule has 1 atom stereocenters. The van der Waals surface area contributed by atoms with Gasteiger partial charge in [0.1, 0.15) is 13.2 Å². The lowest BCUT2D eigenvalue weighted by Crippen LogP contribution is -2.30. The summed E-state index contributed by atoms with van der Waals surface area (Å²) in [6.45, 7) is 6.47. The highest BCUT2D eigenvalue weighted by Crippen LogP contribution is 2.15. The average Bonchev–Trinajstić information content (AvgIpc) is 3.43. The predicted octanol–water partition coefficient (Wildman–Crippen LogP) is 22.0. The van der Waals surface area contributed by atoms with Crippen molar-refractivity contribution < 1.29 is 28.6 Å². The number of carbonyl (C=O) groups is 3. The summed E-state index contributed by atoms with van der Waals surface area (Å²) in [5, 5.41) is 0. The van der Waals surface area contributed by atoms with Crippen molar-refractivity contribution in [3.05, 3.63) is 122 Å². The molecule has 0 spiro atoms. The van der Waals surface area contributed by atoms with E-state index in [1.807, 2.05) is 0 Å². The molecule has 77 heavy (non-hydrogen) atoms. The van der Waals surface area contributed by atoms with Gasteiger partial charge in [0.2, 0.25) is 0 Å². The summed E-state index contributed by atoms with van der Waals surface area (Å²) in [6, 6.07) is 0. The molecule has 0 aromatic carbocycles. The number of esters is 3. The highest BCUT2D eigenvalue weighted by molar-refractivity contribution is 5.71. The Bertz CT molecular complexity index is 1600. The van der Waals surface area contributed by atoms with Crippen molar-refractivity contribution in [2.75, 3.05) is 13.2 Å². The smallest absolute Gasteiger partial charge is 0.306 e. The van der Waals surface area contributed by atoms with Gasteiger partial charge < -0.3 is 14.2 Å². The van der Waals surface area contributed by atoms with Crippen LogP contribution in [-0.2, 0) is 28.6 Å². The zero-order chi connectivity index (χ0) is 55.7. The molecule has 0 saturated heterocycles. The fraction of sp³-hybridized carbons (Fsp3) is 0.676. The van der Waals surface area contributed by atoms with E-state index < -0.39 is 6.10 Å². The van der Waals surface area contributed by atoms with Crippen molar-refractivity contribution in [2.24, 2.45) is 0 Å². The monoisotopic (exact) mass is 1070 g/mol. The van der Waals surface area contributed by atoms with E-state index in [1.165, 1.54) is 116 Å². The molecular formula is C71H118O6. The van der Waals surface area contributed by atoms with Gasteiger partial charge in [-0.25, -0.2) is 0 Å². The SMILES string of the molecule is CC/C=C\C/C=C\C/C=C\C/C=C\C/C=C\C/C=C\C/C=C\C/C=C\CCCCCCCCCCC(=O)OCC(COC(=O)CCCCCCC/C=C\CCCC)OC(=O)CCCCCCC/C=C\CCCCCCCC. The standard InChI is InChI=1S/C71H118O6/c1-4-7-10-13-16-19-22-24-26-27-28-29-30-31-32-33-34-35-36-37-38-39-40-41-42-43-45-46-49-52-55-58-61-64-70(73)76-67-68(66-75-69(72)63-60-57-54-51-48-21-18-15-12-9-6-3)77-71(74)65-62-59-56-53-50-47-44-25-23-20-17-14-11-8-5-2/h7,10,15-16,18-19,24-26,28-29,31-32,34-35,37-38,40-41,44,68H,4-6,8-9,11-14,17,20-23,27,30,33,36,39,42-43,45-67H2,1-3H3/b10-7-,18-15-,19-16-,26-24-,29-28-,32-31-,35-34-,38-37-,41-40-,44-25-. The van der Waals surface area contributed by atoms with Gasteiger partial charge in [0, 0.05) is 19.3 Å². The molecule has 0 bridgehead atoms. The summed E-state index contributed by atoms with van der Waals surface area (Å²) in [5.41, 5.74) is 0. The topological polar surface area (TPSA) is 78.9 Å². The van der Waals surface area contributed by atoms with Crippen LogP contribution >= 0.6 is 0 Å². The summed E-state index contributed by atoms with van der Waals surface area (Å²) in [5.74, 6) is -0.912. The Morgan fingerprint density at radius 3 is 0.844 bits per heavy atom. The second-order valence-electron chi connectivity index (χ2n) is 20.9. The van der Waals surface area contributed by atoms with Crippen molar-refractivity contribution >= 4 is 17.9 Å². The number of unbranched alkanes of at least 4 members (excludes halogenated alkanes) is 26. The number of rotatable bonds is 57. The van der Waals surface area contributed by atoms with E-state index in [0.717, 1.165) is 135 Å². The Labute approximate surface area is 475 Å². The van der Waals surface area contributed by atoms with Gasteiger partial charge in [-0.05, 0) is 128 Å². The van der Waals surface area contributed by atoms with E-state index in [0.29, 0.717) is 19.3 Å². The molecule has 0 saturated carbocycles. The molecule has 0 aromatic rings. The van der Waals surface area contributed by atoms with Crippen LogP contribution in [0.2, 0.25) is 0 Å². The molecule has 0 heterocycles. The van der Waals surface area contributed by atoms with Crippen molar-refractivity contribution in [1.29, 1.82) is 0 Å². The zero-order valence-corrected chi connectivity index (χ0v) is 50.2. The van der Waals surface area contributed by atoms with Gasteiger partial charge in [-0.2, -0.15) is 0 Å². The van der Waals surface area contributed by atoms with Crippen LogP contribution in [0.25, 0.3) is 0 Å². The first kappa shape index (κ1) is 72.8. The minimum Gasteiger partial charge on any atom is -0.462 e. The van der Waals surface area contributed by atoms with Crippen molar-refractivity contribution in [1.82, 2.24) is 0 Å². The maximum atomic E-state index is 12.9.